The van der Waals surface area contributed by atoms with Crippen LogP contribution in [0.25, 0.3) is 0 Å². The van der Waals surface area contributed by atoms with Gasteiger partial charge in [-0.2, -0.15) is 0 Å². The highest BCUT2D eigenvalue weighted by atomic mass is 35.5. The molecule has 2 rings (SSSR count). The number of carbonyl (C=O) groups is 2. The van der Waals surface area contributed by atoms with Crippen molar-refractivity contribution >= 4 is 40.9 Å². The van der Waals surface area contributed by atoms with Crippen LogP contribution in [0.5, 0.6) is 0 Å². The Morgan fingerprint density at radius 3 is 2.90 bits per heavy atom. The van der Waals surface area contributed by atoms with Crippen molar-refractivity contribution in [2.24, 2.45) is 0 Å². The lowest BCUT2D eigenvalue weighted by atomic mass is 10.2. The van der Waals surface area contributed by atoms with Crippen LogP contribution in [0, 0.1) is 10.1 Å². The predicted molar refractivity (Wildman–Crippen MR) is 70.8 cm³/mol. The van der Waals surface area contributed by atoms with Crippen molar-refractivity contribution in [3.63, 3.8) is 0 Å². The second-order valence-electron chi connectivity index (χ2n) is 3.91. The average Bonchev–Trinajstić information content (AvgIpc) is 2.86. The van der Waals surface area contributed by atoms with Gasteiger partial charge in [0.05, 0.1) is 10.8 Å². The van der Waals surface area contributed by atoms with Crippen LogP contribution in [0.4, 0.5) is 5.69 Å². The summed E-state index contributed by atoms with van der Waals surface area (Å²) in [5.74, 6) is -1.48. The lowest BCUT2D eigenvalue weighted by Crippen LogP contribution is -2.42. The van der Waals surface area contributed by atoms with Gasteiger partial charge < -0.3 is 10.0 Å². The maximum Gasteiger partial charge on any atom is 0.327 e. The van der Waals surface area contributed by atoms with E-state index in [2.05, 4.69) is 4.98 Å². The summed E-state index contributed by atoms with van der Waals surface area (Å²) in [5, 5.41) is 19.9. The lowest BCUT2D eigenvalue weighted by molar-refractivity contribution is -0.385. The number of thioether (sulfide) groups is 1. The van der Waals surface area contributed by atoms with E-state index in [1.54, 1.807) is 0 Å². The van der Waals surface area contributed by atoms with E-state index in [-0.39, 0.29) is 22.3 Å². The summed E-state index contributed by atoms with van der Waals surface area (Å²) in [7, 11) is 0. The number of amides is 1. The first-order valence-electron chi connectivity index (χ1n) is 5.33. The molecule has 1 aromatic rings. The number of hydrogen-bond donors (Lipinski definition) is 1. The quantitative estimate of drug-likeness (QED) is 0.507. The van der Waals surface area contributed by atoms with Crippen LogP contribution in [0.15, 0.2) is 12.3 Å². The number of nitro groups is 1. The number of halogens is 1. The summed E-state index contributed by atoms with van der Waals surface area (Å²) in [6, 6.07) is 0.0724. The molecule has 1 aromatic heterocycles. The molecule has 1 unspecified atom stereocenters. The molecule has 0 spiro atoms. The van der Waals surface area contributed by atoms with Crippen LogP contribution in [-0.2, 0) is 4.79 Å². The number of carboxylic acids is 1. The van der Waals surface area contributed by atoms with E-state index in [9.17, 15) is 19.7 Å². The highest BCUT2D eigenvalue weighted by Crippen LogP contribution is 2.27. The van der Waals surface area contributed by atoms with E-state index in [0.717, 1.165) is 17.2 Å². The fraction of sp³-hybridized carbons (Fsp3) is 0.300. The van der Waals surface area contributed by atoms with Gasteiger partial charge in [-0.05, 0) is 6.07 Å². The Kier molecular flexibility index (Phi) is 4.09. The standard InChI is InChI=1S/C10H8ClN3O5S/c11-8-1-5(6(2-12-8)14(18)19)9(15)13-4-20-3-7(13)10(16)17/h1-2,7H,3-4H2,(H,16,17). The summed E-state index contributed by atoms with van der Waals surface area (Å²) < 4.78 is 0. The maximum absolute atomic E-state index is 12.3. The molecule has 0 bridgehead atoms. The smallest absolute Gasteiger partial charge is 0.327 e. The molecule has 106 valence electrons. The second-order valence-corrected chi connectivity index (χ2v) is 5.30. The van der Waals surface area contributed by atoms with Gasteiger partial charge in [-0.3, -0.25) is 14.9 Å². The Bertz CT molecular complexity index is 596. The molecule has 0 radical (unpaired) electrons. The third-order valence-electron chi connectivity index (χ3n) is 2.70. The molecule has 1 N–H and O–H groups in total. The van der Waals surface area contributed by atoms with E-state index < -0.39 is 28.5 Å². The lowest BCUT2D eigenvalue weighted by Gasteiger charge is -2.20. The van der Waals surface area contributed by atoms with Gasteiger partial charge in [0.1, 0.15) is 23.0 Å². The number of aliphatic carboxylic acids is 1. The number of hydrogen-bond acceptors (Lipinski definition) is 6. The van der Waals surface area contributed by atoms with Crippen molar-refractivity contribution < 1.29 is 19.6 Å². The summed E-state index contributed by atoms with van der Waals surface area (Å²) >= 11 is 6.91. The number of carbonyl (C=O) groups excluding carboxylic acids is 1. The largest absolute Gasteiger partial charge is 0.480 e. The minimum Gasteiger partial charge on any atom is -0.480 e. The number of aromatic nitrogens is 1. The van der Waals surface area contributed by atoms with Crippen LogP contribution >= 0.6 is 23.4 Å². The molecule has 1 atom stereocenters. The SMILES string of the molecule is O=C(O)C1CSCN1C(=O)c1cc(Cl)ncc1[N+](=O)[O-]. The molecular weight excluding hydrogens is 310 g/mol. The van der Waals surface area contributed by atoms with Crippen LogP contribution in [0.2, 0.25) is 5.15 Å². The highest BCUT2D eigenvalue weighted by molar-refractivity contribution is 7.99. The zero-order valence-electron chi connectivity index (χ0n) is 9.85. The first-order valence-corrected chi connectivity index (χ1v) is 6.86. The van der Waals surface area contributed by atoms with Gasteiger partial charge in [-0.25, -0.2) is 9.78 Å². The van der Waals surface area contributed by atoms with Gasteiger partial charge in [-0.15, -0.1) is 11.8 Å². The van der Waals surface area contributed by atoms with Crippen molar-refractivity contribution in [1.29, 1.82) is 0 Å². The van der Waals surface area contributed by atoms with E-state index in [1.807, 2.05) is 0 Å². The van der Waals surface area contributed by atoms with Gasteiger partial charge in [0.15, 0.2) is 0 Å². The molecule has 0 saturated carbocycles. The van der Waals surface area contributed by atoms with Crippen molar-refractivity contribution in [3.05, 3.63) is 33.1 Å². The summed E-state index contributed by atoms with van der Waals surface area (Å²) in [5.41, 5.74) is -0.760. The van der Waals surface area contributed by atoms with E-state index >= 15 is 0 Å². The minimum atomic E-state index is -1.15. The Hall–Kier alpha value is -1.87. The minimum absolute atomic E-state index is 0.0716. The third kappa shape index (κ3) is 2.68. The predicted octanol–water partition coefficient (Wildman–Crippen LogP) is 1.24. The zero-order chi connectivity index (χ0) is 14.9. The monoisotopic (exact) mass is 317 g/mol. The Morgan fingerprint density at radius 2 is 2.30 bits per heavy atom. The normalized spacial score (nSPS) is 18.1. The van der Waals surface area contributed by atoms with Crippen molar-refractivity contribution in [3.8, 4) is 0 Å². The van der Waals surface area contributed by atoms with Crippen LogP contribution in [0.3, 0.4) is 0 Å². The molecule has 1 aliphatic heterocycles. The molecule has 8 nitrogen and oxygen atoms in total. The molecule has 1 fully saturated rings. The van der Waals surface area contributed by atoms with E-state index in [0.29, 0.717) is 0 Å². The van der Waals surface area contributed by atoms with Gasteiger partial charge >= 0.3 is 5.97 Å². The highest BCUT2D eigenvalue weighted by Gasteiger charge is 2.37. The molecule has 0 aromatic carbocycles. The summed E-state index contributed by atoms with van der Waals surface area (Å²) in [6.45, 7) is 0. The third-order valence-corrected chi connectivity index (χ3v) is 3.92. The Balaban J connectivity index is 2.40. The fourth-order valence-corrected chi connectivity index (χ4v) is 3.04. The summed E-state index contributed by atoms with van der Waals surface area (Å²) in [4.78, 5) is 38.1. The molecule has 1 amide bonds. The molecule has 20 heavy (non-hydrogen) atoms. The number of rotatable bonds is 3. The fourth-order valence-electron chi connectivity index (χ4n) is 1.74. The van der Waals surface area contributed by atoms with E-state index in [4.69, 9.17) is 16.7 Å². The maximum atomic E-state index is 12.3. The van der Waals surface area contributed by atoms with Crippen molar-refractivity contribution in [1.82, 2.24) is 9.88 Å². The number of carboxylic acid groups (broad SMARTS) is 1. The van der Waals surface area contributed by atoms with Crippen molar-refractivity contribution in [2.75, 3.05) is 11.6 Å². The van der Waals surface area contributed by atoms with E-state index in [1.165, 1.54) is 11.8 Å². The van der Waals surface area contributed by atoms with Crippen LogP contribution in [0.1, 0.15) is 10.4 Å². The number of pyridine rings is 1. The summed E-state index contributed by atoms with van der Waals surface area (Å²) in [6.07, 6.45) is 0.883. The molecule has 1 aliphatic rings. The first-order chi connectivity index (χ1) is 9.41. The first kappa shape index (κ1) is 14.5. The Labute approximate surface area is 121 Å². The topological polar surface area (TPSA) is 114 Å². The molecule has 1 saturated heterocycles. The average molecular weight is 318 g/mol. The zero-order valence-corrected chi connectivity index (χ0v) is 11.4. The van der Waals surface area contributed by atoms with Gasteiger partial charge in [0.2, 0.25) is 0 Å². The molecule has 0 aliphatic carbocycles. The molecule has 10 heteroatoms. The number of nitrogens with zero attached hydrogens (tertiary/aromatic N) is 3. The van der Waals surface area contributed by atoms with Crippen LogP contribution < -0.4 is 0 Å². The van der Waals surface area contributed by atoms with Gasteiger partial charge in [-0.1, -0.05) is 11.6 Å². The molecule has 2 heterocycles. The van der Waals surface area contributed by atoms with Gasteiger partial charge in [0, 0.05) is 5.75 Å². The Morgan fingerprint density at radius 1 is 1.60 bits per heavy atom. The second kappa shape index (κ2) is 5.63. The van der Waals surface area contributed by atoms with Crippen molar-refractivity contribution in [2.45, 2.75) is 6.04 Å². The van der Waals surface area contributed by atoms with Gasteiger partial charge in [0.25, 0.3) is 11.6 Å². The molecular formula is C10H8ClN3O5S. The van der Waals surface area contributed by atoms with Crippen LogP contribution in [-0.4, -0.2) is 49.5 Å².